The molecule has 0 radical (unpaired) electrons. The van der Waals surface area contributed by atoms with Crippen LogP contribution in [0.3, 0.4) is 0 Å². The largest absolute Gasteiger partial charge is 0.361 e. The van der Waals surface area contributed by atoms with E-state index in [0.717, 1.165) is 28.0 Å². The summed E-state index contributed by atoms with van der Waals surface area (Å²) in [5.41, 5.74) is 2.92. The van der Waals surface area contributed by atoms with E-state index in [9.17, 15) is 0 Å². The van der Waals surface area contributed by atoms with E-state index < -0.39 is 0 Å². The van der Waals surface area contributed by atoms with Gasteiger partial charge < -0.3 is 4.52 Å². The average Bonchev–Trinajstić information content (AvgIpc) is 3.27. The summed E-state index contributed by atoms with van der Waals surface area (Å²) in [4.78, 5) is 0. The van der Waals surface area contributed by atoms with Gasteiger partial charge in [0.2, 0.25) is 0 Å². The molecular weight excluding hydrogens is 380 g/mol. The lowest BCUT2D eigenvalue weighted by Crippen LogP contribution is -2.04. The van der Waals surface area contributed by atoms with Crippen LogP contribution in [0.2, 0.25) is 5.02 Å². The molecule has 5 nitrogen and oxygen atoms in total. The Labute approximate surface area is 166 Å². The van der Waals surface area contributed by atoms with Gasteiger partial charge in [0.25, 0.3) is 0 Å². The summed E-state index contributed by atoms with van der Waals surface area (Å²) >= 11 is 7.99. The highest BCUT2D eigenvalue weighted by Crippen LogP contribution is 2.31. The predicted octanol–water partition coefficient (Wildman–Crippen LogP) is 5.24. The van der Waals surface area contributed by atoms with Gasteiger partial charge in [-0.25, -0.2) is 0 Å². The van der Waals surface area contributed by atoms with Gasteiger partial charge in [0, 0.05) is 17.4 Å². The van der Waals surface area contributed by atoms with Crippen LogP contribution in [-0.2, 0) is 12.3 Å². The standard InChI is InChI=1S/C20H17ClN4OS/c1-14-11-16(24-26-14)13-27-20-23-22-19(17-9-5-6-10-18(17)21)25(20)12-15-7-3-2-4-8-15/h2-11H,12-13H2,1H3. The van der Waals surface area contributed by atoms with E-state index in [2.05, 4.69) is 32.1 Å². The van der Waals surface area contributed by atoms with Crippen LogP contribution in [0.1, 0.15) is 17.0 Å². The fourth-order valence-electron chi connectivity index (χ4n) is 2.77. The molecule has 0 fully saturated rings. The summed E-state index contributed by atoms with van der Waals surface area (Å²) in [6.45, 7) is 2.54. The van der Waals surface area contributed by atoms with Gasteiger partial charge in [0.05, 0.1) is 17.3 Å². The first-order valence-electron chi connectivity index (χ1n) is 8.48. The maximum atomic E-state index is 6.41. The quantitative estimate of drug-likeness (QED) is 0.417. The zero-order chi connectivity index (χ0) is 18.6. The molecular formula is C20H17ClN4OS. The lowest BCUT2D eigenvalue weighted by Gasteiger charge is -2.11. The van der Waals surface area contributed by atoms with Crippen LogP contribution in [0.25, 0.3) is 11.4 Å². The lowest BCUT2D eigenvalue weighted by molar-refractivity contribution is 0.393. The number of thioether (sulfide) groups is 1. The monoisotopic (exact) mass is 396 g/mol. The number of aromatic nitrogens is 4. The van der Waals surface area contributed by atoms with Crippen molar-refractivity contribution >= 4 is 23.4 Å². The van der Waals surface area contributed by atoms with Crippen LogP contribution in [-0.4, -0.2) is 19.9 Å². The summed E-state index contributed by atoms with van der Waals surface area (Å²) in [5, 5.41) is 14.4. The molecule has 136 valence electrons. The van der Waals surface area contributed by atoms with Gasteiger partial charge >= 0.3 is 0 Å². The van der Waals surface area contributed by atoms with Crippen molar-refractivity contribution in [2.24, 2.45) is 0 Å². The molecule has 0 saturated heterocycles. The summed E-state index contributed by atoms with van der Waals surface area (Å²) in [6.07, 6.45) is 0. The number of halogens is 1. The Morgan fingerprint density at radius 3 is 2.56 bits per heavy atom. The highest BCUT2D eigenvalue weighted by Gasteiger charge is 2.17. The predicted molar refractivity (Wildman–Crippen MR) is 107 cm³/mol. The Morgan fingerprint density at radius 1 is 1.04 bits per heavy atom. The van der Waals surface area contributed by atoms with Crippen LogP contribution in [0.15, 0.2) is 70.3 Å². The zero-order valence-electron chi connectivity index (χ0n) is 14.7. The molecule has 0 spiro atoms. The molecule has 0 N–H and O–H groups in total. The molecule has 4 rings (SSSR count). The fraction of sp³-hybridized carbons (Fsp3) is 0.150. The van der Waals surface area contributed by atoms with Crippen LogP contribution >= 0.6 is 23.4 Å². The smallest absolute Gasteiger partial charge is 0.192 e. The van der Waals surface area contributed by atoms with E-state index in [1.54, 1.807) is 11.8 Å². The van der Waals surface area contributed by atoms with Gasteiger partial charge in [0.15, 0.2) is 11.0 Å². The molecule has 0 unspecified atom stereocenters. The molecule has 4 aromatic rings. The Balaban J connectivity index is 1.69. The van der Waals surface area contributed by atoms with Crippen LogP contribution in [0.5, 0.6) is 0 Å². The minimum absolute atomic E-state index is 0.655. The summed E-state index contributed by atoms with van der Waals surface area (Å²) in [7, 11) is 0. The third-order valence-electron chi connectivity index (χ3n) is 4.04. The Hall–Kier alpha value is -2.57. The Kier molecular flexibility index (Phi) is 5.27. The third-order valence-corrected chi connectivity index (χ3v) is 5.37. The van der Waals surface area contributed by atoms with E-state index in [4.69, 9.17) is 16.1 Å². The molecule has 2 aromatic heterocycles. The number of hydrogen-bond donors (Lipinski definition) is 0. The van der Waals surface area contributed by atoms with Gasteiger partial charge in [-0.3, -0.25) is 4.57 Å². The van der Waals surface area contributed by atoms with Gasteiger partial charge in [0.1, 0.15) is 5.76 Å². The minimum atomic E-state index is 0.655. The molecule has 27 heavy (non-hydrogen) atoms. The zero-order valence-corrected chi connectivity index (χ0v) is 16.2. The SMILES string of the molecule is Cc1cc(CSc2nnc(-c3ccccc3Cl)n2Cc2ccccc2)no1. The number of nitrogens with zero attached hydrogens (tertiary/aromatic N) is 4. The molecule has 0 amide bonds. The van der Waals surface area contributed by atoms with Crippen LogP contribution < -0.4 is 0 Å². The van der Waals surface area contributed by atoms with Crippen molar-refractivity contribution in [3.63, 3.8) is 0 Å². The van der Waals surface area contributed by atoms with E-state index in [0.29, 0.717) is 17.3 Å². The number of benzene rings is 2. The first kappa shape index (κ1) is 17.8. The van der Waals surface area contributed by atoms with Crippen molar-refractivity contribution < 1.29 is 4.52 Å². The molecule has 0 saturated carbocycles. The molecule has 2 aromatic carbocycles. The molecule has 0 aliphatic heterocycles. The summed E-state index contributed by atoms with van der Waals surface area (Å²) in [6, 6.07) is 19.9. The second-order valence-corrected chi connectivity index (χ2v) is 7.43. The second-order valence-electron chi connectivity index (χ2n) is 6.08. The highest BCUT2D eigenvalue weighted by molar-refractivity contribution is 7.98. The van der Waals surface area contributed by atoms with Crippen molar-refractivity contribution in [3.8, 4) is 11.4 Å². The number of aryl methyl sites for hydroxylation is 1. The minimum Gasteiger partial charge on any atom is -0.361 e. The topological polar surface area (TPSA) is 56.7 Å². The van der Waals surface area contributed by atoms with Crippen LogP contribution in [0.4, 0.5) is 0 Å². The van der Waals surface area contributed by atoms with Crippen molar-refractivity contribution in [1.29, 1.82) is 0 Å². The average molecular weight is 397 g/mol. The number of hydrogen-bond acceptors (Lipinski definition) is 5. The third kappa shape index (κ3) is 4.07. The molecule has 0 aliphatic carbocycles. The normalized spacial score (nSPS) is 11.0. The highest BCUT2D eigenvalue weighted by atomic mass is 35.5. The Morgan fingerprint density at radius 2 is 1.81 bits per heavy atom. The van der Waals surface area contributed by atoms with E-state index in [1.165, 1.54) is 5.56 Å². The fourth-order valence-corrected chi connectivity index (χ4v) is 3.81. The van der Waals surface area contributed by atoms with Gasteiger partial charge in [-0.05, 0) is 24.6 Å². The molecule has 0 bridgehead atoms. The van der Waals surface area contributed by atoms with Gasteiger partial charge in [-0.15, -0.1) is 10.2 Å². The molecule has 0 atom stereocenters. The van der Waals surface area contributed by atoms with Crippen LogP contribution in [0, 0.1) is 6.92 Å². The lowest BCUT2D eigenvalue weighted by atomic mass is 10.2. The first-order valence-corrected chi connectivity index (χ1v) is 9.84. The first-order chi connectivity index (χ1) is 13.2. The maximum Gasteiger partial charge on any atom is 0.192 e. The molecule has 0 aliphatic rings. The van der Waals surface area contributed by atoms with Crippen molar-refractivity contribution in [2.45, 2.75) is 24.4 Å². The van der Waals surface area contributed by atoms with Crippen molar-refractivity contribution in [2.75, 3.05) is 0 Å². The van der Waals surface area contributed by atoms with E-state index in [1.807, 2.05) is 55.5 Å². The van der Waals surface area contributed by atoms with Crippen molar-refractivity contribution in [1.82, 2.24) is 19.9 Å². The van der Waals surface area contributed by atoms with E-state index >= 15 is 0 Å². The maximum absolute atomic E-state index is 6.41. The second kappa shape index (κ2) is 7.98. The molecule has 7 heteroatoms. The summed E-state index contributed by atoms with van der Waals surface area (Å²) < 4.78 is 7.24. The Bertz CT molecular complexity index is 1050. The van der Waals surface area contributed by atoms with Gasteiger partial charge in [-0.2, -0.15) is 0 Å². The van der Waals surface area contributed by atoms with E-state index in [-0.39, 0.29) is 0 Å². The summed E-state index contributed by atoms with van der Waals surface area (Å²) in [5.74, 6) is 2.21. The molecule has 2 heterocycles. The number of rotatable bonds is 6. The van der Waals surface area contributed by atoms with Gasteiger partial charge in [-0.1, -0.05) is 71.0 Å². The van der Waals surface area contributed by atoms with Crippen molar-refractivity contribution in [3.05, 3.63) is 82.7 Å².